The molecule has 1 aliphatic heterocycles. The van der Waals surface area contributed by atoms with Crippen LogP contribution in [0.25, 0.3) is 10.9 Å². The maximum atomic E-state index is 12.3. The van der Waals surface area contributed by atoms with Crippen LogP contribution < -0.4 is 15.0 Å². The summed E-state index contributed by atoms with van der Waals surface area (Å²) in [6.07, 6.45) is 2.63. The normalized spacial score (nSPS) is 16.3. The van der Waals surface area contributed by atoms with Crippen LogP contribution in [0.15, 0.2) is 17.1 Å². The third-order valence-electron chi connectivity index (χ3n) is 4.80. The molecule has 146 valence electrons. The van der Waals surface area contributed by atoms with Gasteiger partial charge in [-0.2, -0.15) is 5.26 Å². The molecule has 0 aliphatic carbocycles. The number of hydrogen-bond donors (Lipinski definition) is 3. The predicted molar refractivity (Wildman–Crippen MR) is 104 cm³/mol. The van der Waals surface area contributed by atoms with Gasteiger partial charge in [0.2, 0.25) is 5.88 Å². The van der Waals surface area contributed by atoms with Crippen molar-refractivity contribution >= 4 is 75.8 Å². The molecule has 0 unspecified atom stereocenters. The summed E-state index contributed by atoms with van der Waals surface area (Å²) < 4.78 is 21.2. The quantitative estimate of drug-likeness (QED) is 0.465. The summed E-state index contributed by atoms with van der Waals surface area (Å²) in [5.74, 6) is -0.299. The molecule has 0 amide bonds. The van der Waals surface area contributed by atoms with E-state index < -0.39 is 13.4 Å². The van der Waals surface area contributed by atoms with E-state index in [1.165, 1.54) is 12.3 Å². The van der Waals surface area contributed by atoms with E-state index in [1.54, 1.807) is 7.11 Å². The Kier molecular flexibility index (Phi) is 7.47. The number of anilines is 1. The van der Waals surface area contributed by atoms with Crippen LogP contribution in [0.5, 0.6) is 5.88 Å². The summed E-state index contributed by atoms with van der Waals surface area (Å²) in [5.41, 5.74) is -0.168. The number of nitriles is 1. The number of methoxy groups -OCH3 is 1. The molecule has 1 saturated heterocycles. The van der Waals surface area contributed by atoms with Gasteiger partial charge in [-0.1, -0.05) is 0 Å². The number of aromatic amines is 1. The van der Waals surface area contributed by atoms with Crippen LogP contribution in [-0.4, -0.2) is 96.9 Å². The van der Waals surface area contributed by atoms with Gasteiger partial charge in [-0.3, -0.25) is 14.6 Å². The molecule has 0 aromatic carbocycles. The van der Waals surface area contributed by atoms with Gasteiger partial charge >= 0.3 is 59.2 Å². The summed E-state index contributed by atoms with van der Waals surface area (Å²) in [7, 11) is -3.14. The van der Waals surface area contributed by atoms with Crippen molar-refractivity contribution in [1.82, 2.24) is 9.97 Å². The molecule has 3 rings (SSSR count). The molecular weight excluding hydrogens is 414 g/mol. The molecule has 0 bridgehead atoms. The molecule has 0 radical (unpaired) electrons. The molecule has 0 spiro atoms. The van der Waals surface area contributed by atoms with Gasteiger partial charge in [-0.25, -0.2) is 9.55 Å². The number of phosphoric acid groups is 1. The van der Waals surface area contributed by atoms with E-state index in [4.69, 9.17) is 14.5 Å². The zero-order chi connectivity index (χ0) is 19.8. The summed E-state index contributed by atoms with van der Waals surface area (Å²) in [6.45, 7) is 3.10. The first-order valence-corrected chi connectivity index (χ1v) is 9.70. The number of nitrogens with zero attached hydrogens (tertiary/aromatic N) is 3. The van der Waals surface area contributed by atoms with E-state index in [2.05, 4.69) is 14.5 Å². The molecule has 12 heteroatoms. The van der Waals surface area contributed by atoms with Gasteiger partial charge in [0.25, 0.3) is 5.56 Å². The zero-order valence-corrected chi connectivity index (χ0v) is 15.7. The first-order chi connectivity index (χ1) is 12.7. The summed E-state index contributed by atoms with van der Waals surface area (Å²) in [6, 6.07) is 3.23. The number of ether oxygens (including phenoxy) is 1. The Bertz CT molecular complexity index is 1020. The Morgan fingerprint density at radius 2 is 2.04 bits per heavy atom. The first kappa shape index (κ1) is 23.5. The number of H-pyrrole nitrogens is 1. The number of fused-ring (bicyclic) bond motifs is 1. The van der Waals surface area contributed by atoms with E-state index in [9.17, 15) is 14.6 Å². The van der Waals surface area contributed by atoms with Crippen molar-refractivity contribution in [2.24, 2.45) is 0 Å². The summed E-state index contributed by atoms with van der Waals surface area (Å²) in [5, 5.41) is 9.92. The Morgan fingerprint density at radius 1 is 1.39 bits per heavy atom. The van der Waals surface area contributed by atoms with Gasteiger partial charge in [0.15, 0.2) is 0 Å². The van der Waals surface area contributed by atoms with Crippen molar-refractivity contribution in [3.05, 3.63) is 28.2 Å². The predicted octanol–water partition coefficient (Wildman–Crippen LogP) is 0.623. The third kappa shape index (κ3) is 5.02. The third-order valence-corrected chi connectivity index (χ3v) is 5.23. The Balaban J connectivity index is 0.00000280. The number of pyridine rings is 2. The first-order valence-electron chi connectivity index (χ1n) is 8.17. The molecule has 0 atom stereocenters. The van der Waals surface area contributed by atoms with E-state index in [1.807, 2.05) is 17.9 Å². The number of hydrogen-bond acceptors (Lipinski definition) is 7. The van der Waals surface area contributed by atoms with Crippen molar-refractivity contribution in [3.8, 4) is 11.9 Å². The Labute approximate surface area is 203 Å². The van der Waals surface area contributed by atoms with Gasteiger partial charge in [0, 0.05) is 31.7 Å². The van der Waals surface area contributed by atoms with Gasteiger partial charge < -0.3 is 19.1 Å². The van der Waals surface area contributed by atoms with Crippen molar-refractivity contribution in [2.75, 3.05) is 25.1 Å². The van der Waals surface area contributed by atoms with Crippen LogP contribution in [0.4, 0.5) is 5.69 Å². The molecule has 2 aromatic rings. The second-order valence-electron chi connectivity index (χ2n) is 6.58. The fourth-order valence-corrected chi connectivity index (χ4v) is 3.51. The fraction of sp³-hybridized carbons (Fsp3) is 0.438. The van der Waals surface area contributed by atoms with Crippen LogP contribution in [0, 0.1) is 11.3 Å². The molecule has 3 heterocycles. The van der Waals surface area contributed by atoms with Crippen LogP contribution in [0.1, 0.15) is 25.3 Å². The van der Waals surface area contributed by atoms with Gasteiger partial charge in [0.1, 0.15) is 11.6 Å². The molecule has 1 fully saturated rings. The SMILES string of the molecule is COC1(C)CCN(c2c(C#N)c(=O)[nH]c3cnc(OP(=O)(O)O)cc23)CC1.[KH]. The minimum atomic E-state index is -4.79. The summed E-state index contributed by atoms with van der Waals surface area (Å²) in [4.78, 5) is 38.6. The molecular formula is C16H20KN4O6P. The minimum absolute atomic E-state index is 0. The van der Waals surface area contributed by atoms with Gasteiger partial charge in [0.05, 0.1) is 23.0 Å². The standard InChI is InChI=1S/C16H19N4O6P.K.H/c1-16(25-2)3-5-20(6-4-16)14-10-7-13(26-27(22,23)24)18-9-12(10)19-15(21)11(14)8-17;;/h7,9H,3-6H2,1-2H3,(H,19,21)(H2,22,23,24);;. The van der Waals surface area contributed by atoms with E-state index in [-0.39, 0.29) is 68.4 Å². The topological polar surface area (TPSA) is 149 Å². The van der Waals surface area contributed by atoms with E-state index >= 15 is 0 Å². The molecule has 28 heavy (non-hydrogen) atoms. The number of rotatable bonds is 4. The van der Waals surface area contributed by atoms with Gasteiger partial charge in [-0.15, -0.1) is 0 Å². The maximum absolute atomic E-state index is 12.3. The van der Waals surface area contributed by atoms with Crippen LogP contribution in [-0.2, 0) is 9.30 Å². The molecule has 0 saturated carbocycles. The summed E-state index contributed by atoms with van der Waals surface area (Å²) >= 11 is 0. The monoisotopic (exact) mass is 434 g/mol. The van der Waals surface area contributed by atoms with Crippen molar-refractivity contribution in [2.45, 2.75) is 25.4 Å². The average Bonchev–Trinajstić information content (AvgIpc) is 2.60. The second kappa shape index (κ2) is 8.91. The number of nitrogens with one attached hydrogen (secondary N) is 1. The number of piperidine rings is 1. The van der Waals surface area contributed by atoms with Gasteiger partial charge in [-0.05, 0) is 19.8 Å². The molecule has 3 N–H and O–H groups in total. The Morgan fingerprint density at radius 3 is 2.57 bits per heavy atom. The van der Waals surface area contributed by atoms with E-state index in [0.29, 0.717) is 42.5 Å². The molecule has 2 aromatic heterocycles. The average molecular weight is 434 g/mol. The van der Waals surface area contributed by atoms with Crippen LogP contribution >= 0.6 is 7.82 Å². The Hall–Kier alpha value is -0.804. The van der Waals surface area contributed by atoms with Crippen LogP contribution in [0.3, 0.4) is 0 Å². The van der Waals surface area contributed by atoms with Crippen LogP contribution in [0.2, 0.25) is 0 Å². The number of phosphoric ester groups is 1. The second-order valence-corrected chi connectivity index (χ2v) is 7.74. The van der Waals surface area contributed by atoms with Crippen molar-refractivity contribution in [1.29, 1.82) is 5.26 Å². The zero-order valence-electron chi connectivity index (χ0n) is 14.8. The fourth-order valence-electron chi connectivity index (χ4n) is 3.17. The molecule has 1 aliphatic rings. The number of aromatic nitrogens is 2. The van der Waals surface area contributed by atoms with Crippen molar-refractivity contribution < 1.29 is 23.6 Å². The van der Waals surface area contributed by atoms with Crippen molar-refractivity contribution in [3.63, 3.8) is 0 Å². The van der Waals surface area contributed by atoms with E-state index in [0.717, 1.165) is 0 Å². The molecule has 10 nitrogen and oxygen atoms in total.